The molecule has 4 nitrogen and oxygen atoms in total. The Morgan fingerprint density at radius 1 is 1.42 bits per heavy atom. The van der Waals surface area contributed by atoms with E-state index in [0.29, 0.717) is 0 Å². The highest BCUT2D eigenvalue weighted by atomic mass is 16.5. The molecule has 0 heterocycles. The summed E-state index contributed by atoms with van der Waals surface area (Å²) in [6.07, 6.45) is 2.48. The summed E-state index contributed by atoms with van der Waals surface area (Å²) in [5, 5.41) is 0. The molecule has 0 bridgehead atoms. The quantitative estimate of drug-likeness (QED) is 0.827. The number of ether oxygens (including phenoxy) is 2. The number of carbonyl (C=O) groups is 1. The Hall–Kier alpha value is -1.55. The third-order valence-corrected chi connectivity index (χ3v) is 4.01. The van der Waals surface area contributed by atoms with Crippen LogP contribution in [0.25, 0.3) is 0 Å². The van der Waals surface area contributed by atoms with E-state index in [4.69, 9.17) is 15.2 Å². The van der Waals surface area contributed by atoms with Crippen molar-refractivity contribution in [3.8, 4) is 5.75 Å². The molecule has 0 spiro atoms. The molecule has 19 heavy (non-hydrogen) atoms. The van der Waals surface area contributed by atoms with Crippen LogP contribution in [0.5, 0.6) is 5.75 Å². The smallest absolute Gasteiger partial charge is 0.313 e. The van der Waals surface area contributed by atoms with Crippen LogP contribution in [0, 0.1) is 5.41 Å². The van der Waals surface area contributed by atoms with E-state index >= 15 is 0 Å². The third-order valence-electron chi connectivity index (χ3n) is 4.01. The first-order valence-electron chi connectivity index (χ1n) is 6.60. The molecule has 1 aliphatic rings. The maximum absolute atomic E-state index is 11.9. The third kappa shape index (κ3) is 2.32. The lowest BCUT2D eigenvalue weighted by atomic mass is 9.89. The molecular weight excluding hydrogens is 242 g/mol. The number of hydrogen-bond donors (Lipinski definition) is 1. The minimum absolute atomic E-state index is 0.219. The summed E-state index contributed by atoms with van der Waals surface area (Å²) in [4.78, 5) is 11.9. The van der Waals surface area contributed by atoms with E-state index in [1.807, 2.05) is 18.2 Å². The van der Waals surface area contributed by atoms with Crippen molar-refractivity contribution in [2.75, 3.05) is 14.2 Å². The molecule has 0 amide bonds. The van der Waals surface area contributed by atoms with Gasteiger partial charge in [-0.1, -0.05) is 19.1 Å². The van der Waals surface area contributed by atoms with Gasteiger partial charge in [-0.3, -0.25) is 4.79 Å². The number of benzene rings is 1. The van der Waals surface area contributed by atoms with E-state index in [1.165, 1.54) is 12.7 Å². The summed E-state index contributed by atoms with van der Waals surface area (Å²) in [5.41, 5.74) is 7.85. The van der Waals surface area contributed by atoms with E-state index in [1.54, 1.807) is 7.11 Å². The topological polar surface area (TPSA) is 61.5 Å². The van der Waals surface area contributed by atoms with Crippen LogP contribution in [0.1, 0.15) is 36.9 Å². The summed E-state index contributed by atoms with van der Waals surface area (Å²) in [6.45, 7) is 2.09. The van der Waals surface area contributed by atoms with Crippen LogP contribution < -0.4 is 10.5 Å². The summed E-state index contributed by atoms with van der Waals surface area (Å²) in [7, 11) is 3.03. The highest BCUT2D eigenvalue weighted by Crippen LogP contribution is 2.55. The molecule has 1 aromatic carbocycles. The molecule has 0 aromatic heterocycles. The molecule has 1 aliphatic carbocycles. The SMILES string of the molecule is CCc1ccc(OC)c(C(N)C2(C(=O)OC)CC2)c1. The first kappa shape index (κ1) is 13.9. The number of carbonyl (C=O) groups excluding carboxylic acids is 1. The van der Waals surface area contributed by atoms with E-state index in [-0.39, 0.29) is 12.0 Å². The van der Waals surface area contributed by atoms with Crippen LogP contribution in [-0.4, -0.2) is 20.2 Å². The Kier molecular flexibility index (Phi) is 3.80. The van der Waals surface area contributed by atoms with Crippen LogP contribution in [0.3, 0.4) is 0 Å². The summed E-state index contributed by atoms with van der Waals surface area (Å²) >= 11 is 0. The zero-order chi connectivity index (χ0) is 14.0. The summed E-state index contributed by atoms with van der Waals surface area (Å²) < 4.78 is 10.3. The number of hydrogen-bond acceptors (Lipinski definition) is 4. The number of esters is 1. The van der Waals surface area contributed by atoms with Crippen molar-refractivity contribution in [3.05, 3.63) is 29.3 Å². The maximum atomic E-state index is 11.9. The van der Waals surface area contributed by atoms with Gasteiger partial charge in [0.25, 0.3) is 0 Å². The molecule has 1 unspecified atom stereocenters. The average molecular weight is 263 g/mol. The molecule has 0 radical (unpaired) electrons. The number of aryl methyl sites for hydroxylation is 1. The van der Waals surface area contributed by atoms with Crippen LogP contribution in [-0.2, 0) is 16.0 Å². The minimum atomic E-state index is -0.561. The van der Waals surface area contributed by atoms with Crippen molar-refractivity contribution < 1.29 is 14.3 Å². The molecule has 1 aromatic rings. The van der Waals surface area contributed by atoms with Gasteiger partial charge in [0.1, 0.15) is 5.75 Å². The Morgan fingerprint density at radius 3 is 2.58 bits per heavy atom. The van der Waals surface area contributed by atoms with E-state index in [9.17, 15) is 4.79 Å². The zero-order valence-corrected chi connectivity index (χ0v) is 11.7. The average Bonchev–Trinajstić information content (AvgIpc) is 3.26. The van der Waals surface area contributed by atoms with Gasteiger partial charge in [-0.2, -0.15) is 0 Å². The highest BCUT2D eigenvalue weighted by molar-refractivity contribution is 5.81. The lowest BCUT2D eigenvalue weighted by Gasteiger charge is -2.23. The fraction of sp³-hybridized carbons (Fsp3) is 0.533. The second kappa shape index (κ2) is 5.21. The lowest BCUT2D eigenvalue weighted by Crippen LogP contribution is -2.31. The molecule has 1 atom stereocenters. The van der Waals surface area contributed by atoms with Gasteiger partial charge in [0, 0.05) is 11.6 Å². The van der Waals surface area contributed by atoms with Gasteiger partial charge in [-0.15, -0.1) is 0 Å². The van der Waals surface area contributed by atoms with E-state index < -0.39 is 5.41 Å². The Bertz CT molecular complexity index is 480. The molecule has 2 rings (SSSR count). The lowest BCUT2D eigenvalue weighted by molar-refractivity contribution is -0.148. The van der Waals surface area contributed by atoms with E-state index in [2.05, 4.69) is 6.92 Å². The molecule has 104 valence electrons. The summed E-state index contributed by atoms with van der Waals surface area (Å²) in [6, 6.07) is 5.60. The van der Waals surface area contributed by atoms with Gasteiger partial charge in [-0.05, 0) is 30.9 Å². The molecular formula is C15H21NO3. The van der Waals surface area contributed by atoms with Gasteiger partial charge in [0.15, 0.2) is 0 Å². The Balaban J connectivity index is 2.37. The fourth-order valence-corrected chi connectivity index (χ4v) is 2.52. The number of rotatable bonds is 5. The van der Waals surface area contributed by atoms with Gasteiger partial charge >= 0.3 is 5.97 Å². The first-order valence-corrected chi connectivity index (χ1v) is 6.60. The minimum Gasteiger partial charge on any atom is -0.496 e. The zero-order valence-electron chi connectivity index (χ0n) is 11.7. The predicted octanol–water partition coefficient (Wildman–Crippen LogP) is 2.21. The van der Waals surface area contributed by atoms with Crippen LogP contribution in [0.4, 0.5) is 0 Å². The largest absolute Gasteiger partial charge is 0.496 e. The van der Waals surface area contributed by atoms with Crippen molar-refractivity contribution in [1.29, 1.82) is 0 Å². The normalized spacial score (nSPS) is 17.7. The van der Waals surface area contributed by atoms with Crippen molar-refractivity contribution in [3.63, 3.8) is 0 Å². The molecule has 1 fully saturated rings. The second-order valence-corrected chi connectivity index (χ2v) is 5.06. The van der Waals surface area contributed by atoms with Crippen LogP contribution >= 0.6 is 0 Å². The standard InChI is InChI=1S/C15H21NO3/c1-4-10-5-6-12(18-2)11(9-10)13(16)15(7-8-15)14(17)19-3/h5-6,9,13H,4,7-8,16H2,1-3H3. The van der Waals surface area contributed by atoms with Gasteiger partial charge in [-0.25, -0.2) is 0 Å². The van der Waals surface area contributed by atoms with Crippen molar-refractivity contribution in [2.45, 2.75) is 32.2 Å². The van der Waals surface area contributed by atoms with E-state index in [0.717, 1.165) is 30.6 Å². The summed E-state index contributed by atoms with van der Waals surface area (Å²) in [5.74, 6) is 0.517. The predicted molar refractivity (Wildman–Crippen MR) is 73.0 cm³/mol. The molecule has 4 heteroatoms. The van der Waals surface area contributed by atoms with Gasteiger partial charge in [0.05, 0.1) is 19.6 Å². The van der Waals surface area contributed by atoms with Gasteiger partial charge < -0.3 is 15.2 Å². The molecule has 0 aliphatic heterocycles. The number of methoxy groups -OCH3 is 2. The number of nitrogens with two attached hydrogens (primary N) is 1. The Labute approximate surface area is 113 Å². The maximum Gasteiger partial charge on any atom is 0.313 e. The molecule has 0 saturated heterocycles. The molecule has 1 saturated carbocycles. The van der Waals surface area contributed by atoms with Crippen molar-refractivity contribution >= 4 is 5.97 Å². The fourth-order valence-electron chi connectivity index (χ4n) is 2.52. The monoisotopic (exact) mass is 263 g/mol. The van der Waals surface area contributed by atoms with Gasteiger partial charge in [0.2, 0.25) is 0 Å². The van der Waals surface area contributed by atoms with Crippen LogP contribution in [0.2, 0.25) is 0 Å². The molecule has 2 N–H and O–H groups in total. The van der Waals surface area contributed by atoms with Crippen molar-refractivity contribution in [1.82, 2.24) is 0 Å². The highest BCUT2D eigenvalue weighted by Gasteiger charge is 2.56. The van der Waals surface area contributed by atoms with Crippen molar-refractivity contribution in [2.24, 2.45) is 11.1 Å². The first-order chi connectivity index (χ1) is 9.08. The second-order valence-electron chi connectivity index (χ2n) is 5.06. The van der Waals surface area contributed by atoms with Crippen LogP contribution in [0.15, 0.2) is 18.2 Å². The Morgan fingerprint density at radius 2 is 2.11 bits per heavy atom.